The second-order valence-corrected chi connectivity index (χ2v) is 9.70. The summed E-state index contributed by atoms with van der Waals surface area (Å²) in [5.74, 6) is 1.51. The molecule has 4 heteroatoms. The van der Waals surface area contributed by atoms with E-state index in [0.29, 0.717) is 11.8 Å². The average molecular weight is 398 g/mol. The van der Waals surface area contributed by atoms with Gasteiger partial charge in [-0.3, -0.25) is 9.69 Å². The first-order chi connectivity index (χ1) is 14.2. The molecule has 0 aromatic heterocycles. The van der Waals surface area contributed by atoms with Crippen LogP contribution in [0.2, 0.25) is 0 Å². The summed E-state index contributed by atoms with van der Waals surface area (Å²) in [6.07, 6.45) is 9.57. The average Bonchev–Trinajstić information content (AvgIpc) is 2.77. The van der Waals surface area contributed by atoms with Crippen LogP contribution in [0.3, 0.4) is 0 Å². The summed E-state index contributed by atoms with van der Waals surface area (Å²) < 4.78 is 0. The zero-order chi connectivity index (χ0) is 20.1. The van der Waals surface area contributed by atoms with Gasteiger partial charge in [0.05, 0.1) is 0 Å². The highest BCUT2D eigenvalue weighted by Gasteiger charge is 2.29. The number of hydrogen-bond acceptors (Lipinski definition) is 3. The fourth-order valence-corrected chi connectivity index (χ4v) is 5.34. The molecule has 2 aliphatic heterocycles. The Bertz CT molecular complexity index is 637. The van der Waals surface area contributed by atoms with Crippen LogP contribution in [-0.2, 0) is 17.8 Å². The molecule has 1 aliphatic carbocycles. The monoisotopic (exact) mass is 397 g/mol. The highest BCUT2D eigenvalue weighted by Crippen LogP contribution is 2.28. The van der Waals surface area contributed by atoms with E-state index in [2.05, 4.69) is 46.0 Å². The number of piperidine rings is 1. The summed E-state index contributed by atoms with van der Waals surface area (Å²) in [5.41, 5.74) is 2.90. The molecular weight excluding hydrogens is 358 g/mol. The molecule has 160 valence electrons. The smallest absolute Gasteiger partial charge is 0.225 e. The normalized spacial score (nSPS) is 23.4. The van der Waals surface area contributed by atoms with E-state index in [1.807, 2.05) is 0 Å². The van der Waals surface area contributed by atoms with Gasteiger partial charge in [0.25, 0.3) is 0 Å². The van der Waals surface area contributed by atoms with Crippen LogP contribution in [0.4, 0.5) is 0 Å². The third kappa shape index (κ3) is 5.82. The lowest BCUT2D eigenvalue weighted by Gasteiger charge is -2.35. The van der Waals surface area contributed by atoms with Gasteiger partial charge in [-0.1, -0.05) is 43.5 Å². The summed E-state index contributed by atoms with van der Waals surface area (Å²) >= 11 is 0. The van der Waals surface area contributed by atoms with E-state index in [0.717, 1.165) is 38.4 Å². The molecule has 0 radical (unpaired) electrons. The Morgan fingerprint density at radius 2 is 1.45 bits per heavy atom. The Morgan fingerprint density at radius 3 is 2.10 bits per heavy atom. The van der Waals surface area contributed by atoms with Crippen LogP contribution in [0.25, 0.3) is 0 Å². The minimum atomic E-state index is 0.327. The summed E-state index contributed by atoms with van der Waals surface area (Å²) in [6.45, 7) is 7.74. The zero-order valence-electron chi connectivity index (χ0n) is 18.3. The van der Waals surface area contributed by atoms with E-state index in [1.165, 1.54) is 75.8 Å². The van der Waals surface area contributed by atoms with Crippen LogP contribution in [0.5, 0.6) is 0 Å². The van der Waals surface area contributed by atoms with E-state index in [1.54, 1.807) is 0 Å². The number of likely N-dealkylation sites (N-methyl/N-ethyl adjacent to an activating group) is 1. The van der Waals surface area contributed by atoms with Crippen molar-refractivity contribution in [1.82, 2.24) is 14.7 Å². The highest BCUT2D eigenvalue weighted by atomic mass is 16.2. The highest BCUT2D eigenvalue weighted by molar-refractivity contribution is 5.79. The number of nitrogens with zero attached hydrogens (tertiary/aromatic N) is 3. The molecule has 1 aromatic rings. The Morgan fingerprint density at radius 1 is 0.828 bits per heavy atom. The fraction of sp³-hybridized carbons (Fsp3) is 0.720. The van der Waals surface area contributed by atoms with Crippen molar-refractivity contribution in [3.05, 3.63) is 35.4 Å². The lowest BCUT2D eigenvalue weighted by atomic mass is 9.86. The van der Waals surface area contributed by atoms with Gasteiger partial charge in [-0.05, 0) is 56.2 Å². The van der Waals surface area contributed by atoms with Crippen molar-refractivity contribution in [3.63, 3.8) is 0 Å². The number of hydrogen-bond donors (Lipinski definition) is 0. The van der Waals surface area contributed by atoms with Crippen LogP contribution in [-0.4, -0.2) is 66.9 Å². The van der Waals surface area contributed by atoms with Crippen LogP contribution < -0.4 is 0 Å². The van der Waals surface area contributed by atoms with Crippen molar-refractivity contribution in [2.24, 2.45) is 11.8 Å². The maximum absolute atomic E-state index is 12.8. The molecule has 4 nitrogen and oxygen atoms in total. The molecular formula is C25H39N3O. The molecule has 0 bridgehead atoms. The molecule has 3 fully saturated rings. The lowest BCUT2D eigenvalue weighted by Crippen LogP contribution is -2.43. The molecule has 0 unspecified atom stereocenters. The number of piperazine rings is 1. The van der Waals surface area contributed by atoms with Crippen LogP contribution in [0.15, 0.2) is 24.3 Å². The summed E-state index contributed by atoms with van der Waals surface area (Å²) in [7, 11) is 2.21. The number of amides is 1. The fourth-order valence-electron chi connectivity index (χ4n) is 5.34. The van der Waals surface area contributed by atoms with Crippen LogP contribution in [0.1, 0.15) is 56.1 Å². The van der Waals surface area contributed by atoms with Crippen molar-refractivity contribution >= 4 is 5.91 Å². The molecule has 4 rings (SSSR count). The molecule has 1 aromatic carbocycles. The number of carbonyl (C=O) groups excluding carboxylic acids is 1. The Hall–Kier alpha value is -1.39. The summed E-state index contributed by atoms with van der Waals surface area (Å²) in [5, 5.41) is 0. The molecule has 0 N–H and O–H groups in total. The molecule has 0 atom stereocenters. The van der Waals surface area contributed by atoms with Crippen molar-refractivity contribution < 1.29 is 4.79 Å². The van der Waals surface area contributed by atoms with Gasteiger partial charge in [0, 0.05) is 51.7 Å². The standard InChI is InChI=1S/C25H39N3O/c1-26-15-17-27(18-16-26)20-23-9-7-21(8-10-23)19-22-11-13-28(14-12-22)25(29)24-5-3-2-4-6-24/h7-10,22,24H,2-6,11-20H2,1H3. The van der Waals surface area contributed by atoms with Gasteiger partial charge in [-0.15, -0.1) is 0 Å². The second kappa shape index (κ2) is 10.1. The third-order valence-corrected chi connectivity index (χ3v) is 7.43. The van der Waals surface area contributed by atoms with Gasteiger partial charge in [0.2, 0.25) is 5.91 Å². The molecule has 0 spiro atoms. The first-order valence-electron chi connectivity index (χ1n) is 11.9. The Balaban J connectivity index is 1.20. The maximum atomic E-state index is 12.8. The summed E-state index contributed by atoms with van der Waals surface area (Å²) in [4.78, 5) is 19.9. The lowest BCUT2D eigenvalue weighted by molar-refractivity contribution is -0.138. The predicted octanol–water partition coefficient (Wildman–Crippen LogP) is 3.80. The van der Waals surface area contributed by atoms with E-state index in [-0.39, 0.29) is 0 Å². The zero-order valence-corrected chi connectivity index (χ0v) is 18.3. The van der Waals surface area contributed by atoms with Gasteiger partial charge in [0.1, 0.15) is 0 Å². The molecule has 2 saturated heterocycles. The summed E-state index contributed by atoms with van der Waals surface area (Å²) in [6, 6.07) is 9.33. The van der Waals surface area contributed by atoms with Gasteiger partial charge >= 0.3 is 0 Å². The molecule has 29 heavy (non-hydrogen) atoms. The van der Waals surface area contributed by atoms with E-state index in [9.17, 15) is 4.79 Å². The predicted molar refractivity (Wildman–Crippen MR) is 119 cm³/mol. The quantitative estimate of drug-likeness (QED) is 0.756. The third-order valence-electron chi connectivity index (χ3n) is 7.43. The van der Waals surface area contributed by atoms with Crippen LogP contribution in [0, 0.1) is 11.8 Å². The SMILES string of the molecule is CN1CCN(Cc2ccc(CC3CCN(C(=O)C4CCCCC4)CC3)cc2)CC1. The number of rotatable bonds is 5. The Kier molecular flexibility index (Phi) is 7.25. The minimum Gasteiger partial charge on any atom is -0.342 e. The van der Waals surface area contributed by atoms with Gasteiger partial charge < -0.3 is 9.80 Å². The van der Waals surface area contributed by atoms with Crippen molar-refractivity contribution in [3.8, 4) is 0 Å². The van der Waals surface area contributed by atoms with Crippen molar-refractivity contribution in [1.29, 1.82) is 0 Å². The van der Waals surface area contributed by atoms with Gasteiger partial charge in [-0.25, -0.2) is 0 Å². The van der Waals surface area contributed by atoms with Gasteiger partial charge in [-0.2, -0.15) is 0 Å². The van der Waals surface area contributed by atoms with Crippen molar-refractivity contribution in [2.45, 2.75) is 57.9 Å². The number of benzene rings is 1. The topological polar surface area (TPSA) is 26.8 Å². The van der Waals surface area contributed by atoms with Crippen molar-refractivity contribution in [2.75, 3.05) is 46.3 Å². The number of carbonyl (C=O) groups is 1. The Labute approximate surface area is 177 Å². The van der Waals surface area contributed by atoms with Crippen LogP contribution >= 0.6 is 0 Å². The van der Waals surface area contributed by atoms with Gasteiger partial charge in [0.15, 0.2) is 0 Å². The van der Waals surface area contributed by atoms with E-state index < -0.39 is 0 Å². The number of likely N-dealkylation sites (tertiary alicyclic amines) is 1. The van der Waals surface area contributed by atoms with E-state index in [4.69, 9.17) is 0 Å². The molecule has 2 heterocycles. The first-order valence-corrected chi connectivity index (χ1v) is 11.9. The minimum absolute atomic E-state index is 0.327. The molecule has 3 aliphatic rings. The largest absolute Gasteiger partial charge is 0.342 e. The maximum Gasteiger partial charge on any atom is 0.225 e. The van der Waals surface area contributed by atoms with E-state index >= 15 is 0 Å². The first kappa shape index (κ1) is 20.9. The molecule has 1 amide bonds. The molecule has 1 saturated carbocycles. The second-order valence-electron chi connectivity index (χ2n) is 9.70.